The van der Waals surface area contributed by atoms with Gasteiger partial charge in [0.05, 0.1) is 12.2 Å². The van der Waals surface area contributed by atoms with Crippen LogP contribution in [0.3, 0.4) is 0 Å². The molecule has 2 N–H and O–H groups in total. The van der Waals surface area contributed by atoms with Crippen LogP contribution in [0, 0.1) is 17.5 Å². The number of halogens is 3. The number of hydrogen-bond acceptors (Lipinski definition) is 3. The molecule has 4 nitrogen and oxygen atoms in total. The molecular weight excluding hydrogens is 283 g/mol. The number of amides is 1. The molecule has 0 bridgehead atoms. The minimum absolute atomic E-state index is 0.0603. The summed E-state index contributed by atoms with van der Waals surface area (Å²) in [5.41, 5.74) is -0.353. The van der Waals surface area contributed by atoms with Crippen LogP contribution >= 0.6 is 0 Å². The van der Waals surface area contributed by atoms with Gasteiger partial charge in [-0.3, -0.25) is 9.69 Å². The lowest BCUT2D eigenvalue weighted by Crippen LogP contribution is -2.46. The van der Waals surface area contributed by atoms with E-state index in [0.717, 1.165) is 38.1 Å². The van der Waals surface area contributed by atoms with E-state index in [0.29, 0.717) is 0 Å². The van der Waals surface area contributed by atoms with Gasteiger partial charge in [-0.1, -0.05) is 0 Å². The van der Waals surface area contributed by atoms with Gasteiger partial charge in [0.15, 0.2) is 17.5 Å². The summed E-state index contributed by atoms with van der Waals surface area (Å²) in [7, 11) is 1.80. The summed E-state index contributed by atoms with van der Waals surface area (Å²) in [5.74, 6) is -4.72. The minimum Gasteiger partial charge on any atom is -0.322 e. The number of hydrogen-bond donors (Lipinski definition) is 2. The lowest BCUT2D eigenvalue weighted by Gasteiger charge is -2.31. The highest BCUT2D eigenvalue weighted by Gasteiger charge is 2.21. The van der Waals surface area contributed by atoms with Crippen molar-refractivity contribution in [2.45, 2.75) is 18.9 Å². The second-order valence-electron chi connectivity index (χ2n) is 5.19. The molecule has 2 rings (SSSR count). The molecule has 1 unspecified atom stereocenters. The predicted molar refractivity (Wildman–Crippen MR) is 73.5 cm³/mol. The summed E-state index contributed by atoms with van der Waals surface area (Å²) in [4.78, 5) is 13.7. The molecule has 1 saturated heterocycles. The summed E-state index contributed by atoms with van der Waals surface area (Å²) >= 11 is 0. The Balaban J connectivity index is 1.94. The van der Waals surface area contributed by atoms with Crippen LogP contribution in [0.4, 0.5) is 18.9 Å². The average Bonchev–Trinajstić information content (AvgIpc) is 2.49. The van der Waals surface area contributed by atoms with Crippen LogP contribution in [-0.4, -0.2) is 43.5 Å². The highest BCUT2D eigenvalue weighted by Crippen LogP contribution is 2.19. The van der Waals surface area contributed by atoms with Crippen molar-refractivity contribution in [1.82, 2.24) is 10.2 Å². The van der Waals surface area contributed by atoms with Gasteiger partial charge in [0, 0.05) is 12.6 Å². The Morgan fingerprint density at radius 3 is 2.81 bits per heavy atom. The number of nitrogens with one attached hydrogen (secondary N) is 2. The predicted octanol–water partition coefficient (Wildman–Crippen LogP) is 1.73. The monoisotopic (exact) mass is 301 g/mol. The molecule has 1 aliphatic rings. The van der Waals surface area contributed by atoms with Crippen molar-refractivity contribution < 1.29 is 18.0 Å². The third-order valence-corrected chi connectivity index (χ3v) is 3.60. The van der Waals surface area contributed by atoms with Crippen molar-refractivity contribution in [2.75, 3.05) is 32.0 Å². The van der Waals surface area contributed by atoms with Crippen molar-refractivity contribution in [1.29, 1.82) is 0 Å². The van der Waals surface area contributed by atoms with Gasteiger partial charge in [0.2, 0.25) is 5.91 Å². The standard InChI is InChI=1S/C14H18F3N3O/c1-20(9-3-2-6-18-7-9)8-12(21)19-11-5-4-10(15)13(16)14(11)17/h4-5,9,18H,2-3,6-8H2,1H3,(H,19,21). The van der Waals surface area contributed by atoms with E-state index in [2.05, 4.69) is 10.6 Å². The van der Waals surface area contributed by atoms with Crippen LogP contribution in [0.1, 0.15) is 12.8 Å². The third kappa shape index (κ3) is 3.95. The first kappa shape index (κ1) is 15.8. The molecule has 1 aromatic carbocycles. The van der Waals surface area contributed by atoms with E-state index in [1.807, 2.05) is 4.90 Å². The molecule has 1 fully saturated rings. The highest BCUT2D eigenvalue weighted by molar-refractivity contribution is 5.92. The van der Waals surface area contributed by atoms with E-state index in [9.17, 15) is 18.0 Å². The molecule has 0 spiro atoms. The summed E-state index contributed by atoms with van der Waals surface area (Å²) < 4.78 is 39.3. The fourth-order valence-electron chi connectivity index (χ4n) is 2.38. The SMILES string of the molecule is CN(CC(=O)Nc1ccc(F)c(F)c1F)C1CCCNC1. The van der Waals surface area contributed by atoms with E-state index < -0.39 is 23.4 Å². The van der Waals surface area contributed by atoms with Gasteiger partial charge in [-0.2, -0.15) is 0 Å². The highest BCUT2D eigenvalue weighted by atomic mass is 19.2. The molecule has 116 valence electrons. The first-order valence-electron chi connectivity index (χ1n) is 6.83. The zero-order valence-corrected chi connectivity index (χ0v) is 11.8. The van der Waals surface area contributed by atoms with E-state index in [1.54, 1.807) is 7.05 Å². The largest absolute Gasteiger partial charge is 0.322 e. The van der Waals surface area contributed by atoms with Crippen LogP contribution < -0.4 is 10.6 Å². The first-order chi connectivity index (χ1) is 9.99. The Morgan fingerprint density at radius 2 is 2.14 bits per heavy atom. The van der Waals surface area contributed by atoms with E-state index in [1.165, 1.54) is 0 Å². The molecule has 1 atom stereocenters. The van der Waals surface area contributed by atoms with Crippen LogP contribution in [-0.2, 0) is 4.79 Å². The molecule has 7 heteroatoms. The zero-order chi connectivity index (χ0) is 15.4. The lowest BCUT2D eigenvalue weighted by atomic mass is 10.1. The molecule has 0 aliphatic carbocycles. The Hall–Kier alpha value is -1.60. The number of piperidine rings is 1. The number of likely N-dealkylation sites (N-methyl/N-ethyl adjacent to an activating group) is 1. The Kier molecular flexibility index (Phi) is 5.19. The molecule has 21 heavy (non-hydrogen) atoms. The molecule has 1 aromatic rings. The summed E-state index contributed by atoms with van der Waals surface area (Å²) in [6, 6.07) is 2.02. The Morgan fingerprint density at radius 1 is 1.38 bits per heavy atom. The zero-order valence-electron chi connectivity index (χ0n) is 11.8. The van der Waals surface area contributed by atoms with Crippen molar-refractivity contribution in [2.24, 2.45) is 0 Å². The van der Waals surface area contributed by atoms with Gasteiger partial charge < -0.3 is 10.6 Å². The third-order valence-electron chi connectivity index (χ3n) is 3.60. The Labute approximate surface area is 121 Å². The van der Waals surface area contributed by atoms with Crippen molar-refractivity contribution in [3.63, 3.8) is 0 Å². The van der Waals surface area contributed by atoms with Gasteiger partial charge in [-0.05, 0) is 38.6 Å². The van der Waals surface area contributed by atoms with Gasteiger partial charge in [0.1, 0.15) is 0 Å². The van der Waals surface area contributed by atoms with Crippen LogP contribution in [0.15, 0.2) is 12.1 Å². The maximum atomic E-state index is 13.5. The molecule has 1 heterocycles. The first-order valence-corrected chi connectivity index (χ1v) is 6.83. The van der Waals surface area contributed by atoms with Gasteiger partial charge >= 0.3 is 0 Å². The number of rotatable bonds is 4. The second-order valence-corrected chi connectivity index (χ2v) is 5.19. The van der Waals surface area contributed by atoms with E-state index in [-0.39, 0.29) is 18.3 Å². The van der Waals surface area contributed by atoms with E-state index >= 15 is 0 Å². The average molecular weight is 301 g/mol. The number of nitrogens with zero attached hydrogens (tertiary/aromatic N) is 1. The number of carbonyl (C=O) groups excluding carboxylic acids is 1. The smallest absolute Gasteiger partial charge is 0.238 e. The number of anilines is 1. The quantitative estimate of drug-likeness (QED) is 0.833. The second kappa shape index (κ2) is 6.91. The maximum absolute atomic E-state index is 13.5. The number of benzene rings is 1. The summed E-state index contributed by atoms with van der Waals surface area (Å²) in [6.07, 6.45) is 2.02. The fraction of sp³-hybridized carbons (Fsp3) is 0.500. The van der Waals surface area contributed by atoms with Gasteiger partial charge in [0.25, 0.3) is 0 Å². The van der Waals surface area contributed by atoms with Crippen LogP contribution in [0.2, 0.25) is 0 Å². The number of carbonyl (C=O) groups is 1. The van der Waals surface area contributed by atoms with Crippen molar-refractivity contribution >= 4 is 11.6 Å². The van der Waals surface area contributed by atoms with Gasteiger partial charge in [-0.25, -0.2) is 13.2 Å². The summed E-state index contributed by atoms with van der Waals surface area (Å²) in [6.45, 7) is 1.82. The lowest BCUT2D eigenvalue weighted by molar-refractivity contribution is -0.117. The molecule has 1 amide bonds. The van der Waals surface area contributed by atoms with Crippen LogP contribution in [0.25, 0.3) is 0 Å². The van der Waals surface area contributed by atoms with Crippen molar-refractivity contribution in [3.8, 4) is 0 Å². The minimum atomic E-state index is -1.59. The molecule has 1 aliphatic heterocycles. The molecule has 0 aromatic heterocycles. The fourth-order valence-corrected chi connectivity index (χ4v) is 2.38. The molecular formula is C14H18F3N3O. The van der Waals surface area contributed by atoms with Gasteiger partial charge in [-0.15, -0.1) is 0 Å². The van der Waals surface area contributed by atoms with Crippen molar-refractivity contribution in [3.05, 3.63) is 29.6 Å². The summed E-state index contributed by atoms with van der Waals surface area (Å²) in [5, 5.41) is 5.50. The van der Waals surface area contributed by atoms with Crippen LogP contribution in [0.5, 0.6) is 0 Å². The normalized spacial score (nSPS) is 18.8. The van der Waals surface area contributed by atoms with E-state index in [4.69, 9.17) is 0 Å². The maximum Gasteiger partial charge on any atom is 0.238 e. The molecule has 0 saturated carbocycles. The topological polar surface area (TPSA) is 44.4 Å². The Bertz CT molecular complexity index is 518. The molecule has 0 radical (unpaired) electrons.